The van der Waals surface area contributed by atoms with Crippen molar-refractivity contribution in [3.63, 3.8) is 0 Å². The van der Waals surface area contributed by atoms with Crippen molar-refractivity contribution in [3.05, 3.63) is 0 Å². The first-order valence-electron chi connectivity index (χ1n) is 8.25. The first kappa shape index (κ1) is 16.2. The quantitative estimate of drug-likeness (QED) is 0.784. The average Bonchev–Trinajstić information content (AvgIpc) is 3.26. The van der Waals surface area contributed by atoms with Crippen LogP contribution in [0.5, 0.6) is 0 Å². The minimum atomic E-state index is 0.149. The zero-order valence-corrected chi connectivity index (χ0v) is 14.0. The highest BCUT2D eigenvalue weighted by Crippen LogP contribution is 2.28. The maximum atomic E-state index is 12.6. The lowest BCUT2D eigenvalue weighted by atomic mass is 10.0. The molecule has 1 saturated heterocycles. The molecule has 0 spiro atoms. The fourth-order valence-corrected chi connectivity index (χ4v) is 3.90. The van der Waals surface area contributed by atoms with Crippen LogP contribution in [-0.2, 0) is 4.79 Å². The smallest absolute Gasteiger partial charge is 0.235 e. The van der Waals surface area contributed by atoms with E-state index >= 15 is 0 Å². The number of likely N-dealkylation sites (tertiary alicyclic amines) is 1. The lowest BCUT2D eigenvalue weighted by molar-refractivity contribution is -0.132. The van der Waals surface area contributed by atoms with Gasteiger partial charge in [0.05, 0.1) is 5.25 Å². The lowest BCUT2D eigenvalue weighted by Crippen LogP contribution is -2.48. The van der Waals surface area contributed by atoms with E-state index in [-0.39, 0.29) is 5.25 Å². The van der Waals surface area contributed by atoms with Crippen LogP contribution >= 0.6 is 11.8 Å². The number of nitrogens with zero attached hydrogens (tertiary/aromatic N) is 1. The van der Waals surface area contributed by atoms with Gasteiger partial charge in [-0.1, -0.05) is 20.8 Å². The normalized spacial score (nSPS) is 22.3. The second-order valence-electron chi connectivity index (χ2n) is 6.57. The maximum absolute atomic E-state index is 12.6. The SMILES string of the molecule is CCSC(C(=O)N1CCC(NCC2CC2)CC1)C(C)C. The van der Waals surface area contributed by atoms with Crippen molar-refractivity contribution in [3.8, 4) is 0 Å². The first-order chi connectivity index (χ1) is 9.61. The zero-order chi connectivity index (χ0) is 14.5. The molecule has 1 aliphatic heterocycles. The third-order valence-corrected chi connectivity index (χ3v) is 5.83. The van der Waals surface area contributed by atoms with E-state index in [0.29, 0.717) is 17.9 Å². The molecule has 2 rings (SSSR count). The second kappa shape index (κ2) is 7.69. The number of amides is 1. The second-order valence-corrected chi connectivity index (χ2v) is 7.99. The van der Waals surface area contributed by atoms with Crippen molar-refractivity contribution in [2.24, 2.45) is 11.8 Å². The van der Waals surface area contributed by atoms with Crippen molar-refractivity contribution in [2.45, 2.75) is 57.7 Å². The molecule has 1 saturated carbocycles. The van der Waals surface area contributed by atoms with E-state index in [1.807, 2.05) is 0 Å². The molecule has 20 heavy (non-hydrogen) atoms. The summed E-state index contributed by atoms with van der Waals surface area (Å²) in [5.41, 5.74) is 0. The third kappa shape index (κ3) is 4.66. The monoisotopic (exact) mass is 298 g/mol. The van der Waals surface area contributed by atoms with Gasteiger partial charge in [0.15, 0.2) is 0 Å². The van der Waals surface area contributed by atoms with Gasteiger partial charge >= 0.3 is 0 Å². The predicted molar refractivity (Wildman–Crippen MR) is 87.1 cm³/mol. The Labute approximate surface area is 128 Å². The topological polar surface area (TPSA) is 32.3 Å². The summed E-state index contributed by atoms with van der Waals surface area (Å²) in [5.74, 6) is 2.76. The van der Waals surface area contributed by atoms with Crippen LogP contribution in [0.4, 0.5) is 0 Å². The highest BCUT2D eigenvalue weighted by molar-refractivity contribution is 8.00. The number of hydrogen-bond acceptors (Lipinski definition) is 3. The number of carbonyl (C=O) groups excluding carboxylic acids is 1. The van der Waals surface area contributed by atoms with Gasteiger partial charge < -0.3 is 10.2 Å². The van der Waals surface area contributed by atoms with Crippen molar-refractivity contribution in [1.82, 2.24) is 10.2 Å². The molecule has 1 aliphatic carbocycles. The molecule has 0 aromatic heterocycles. The van der Waals surface area contributed by atoms with Crippen molar-refractivity contribution >= 4 is 17.7 Å². The molecule has 1 N–H and O–H groups in total. The van der Waals surface area contributed by atoms with Gasteiger partial charge in [0.2, 0.25) is 5.91 Å². The average molecular weight is 298 g/mol. The van der Waals surface area contributed by atoms with Gasteiger partial charge in [0, 0.05) is 19.1 Å². The summed E-state index contributed by atoms with van der Waals surface area (Å²) in [5, 5.41) is 3.83. The van der Waals surface area contributed by atoms with Crippen LogP contribution < -0.4 is 5.32 Å². The van der Waals surface area contributed by atoms with Gasteiger partial charge in [-0.25, -0.2) is 0 Å². The molecular weight excluding hydrogens is 268 g/mol. The van der Waals surface area contributed by atoms with E-state index in [9.17, 15) is 4.79 Å². The summed E-state index contributed by atoms with van der Waals surface area (Å²) >= 11 is 1.80. The molecule has 2 fully saturated rings. The fourth-order valence-electron chi connectivity index (χ4n) is 2.87. The van der Waals surface area contributed by atoms with Crippen molar-refractivity contribution in [1.29, 1.82) is 0 Å². The van der Waals surface area contributed by atoms with E-state index in [4.69, 9.17) is 0 Å². The summed E-state index contributed by atoms with van der Waals surface area (Å²) in [4.78, 5) is 14.7. The standard InChI is InChI=1S/C16H30N2OS/c1-4-20-15(12(2)3)16(19)18-9-7-14(8-10-18)17-11-13-5-6-13/h12-15,17H,4-11H2,1-3H3. The summed E-state index contributed by atoms with van der Waals surface area (Å²) in [6.07, 6.45) is 5.07. The van der Waals surface area contributed by atoms with Crippen LogP contribution in [0.25, 0.3) is 0 Å². The first-order valence-corrected chi connectivity index (χ1v) is 9.30. The number of thioether (sulfide) groups is 1. The van der Waals surface area contributed by atoms with Crippen LogP contribution in [0, 0.1) is 11.8 Å². The number of piperidine rings is 1. The minimum absolute atomic E-state index is 0.149. The Morgan fingerprint density at radius 3 is 2.40 bits per heavy atom. The summed E-state index contributed by atoms with van der Waals surface area (Å²) < 4.78 is 0. The highest BCUT2D eigenvalue weighted by atomic mass is 32.2. The van der Waals surface area contributed by atoms with Gasteiger partial charge in [-0.2, -0.15) is 0 Å². The molecule has 1 atom stereocenters. The molecule has 116 valence electrons. The van der Waals surface area contributed by atoms with E-state index in [2.05, 4.69) is 31.0 Å². The number of carbonyl (C=O) groups is 1. The number of nitrogens with one attached hydrogen (secondary N) is 1. The Morgan fingerprint density at radius 1 is 1.25 bits per heavy atom. The molecule has 2 aliphatic rings. The Balaban J connectivity index is 1.74. The van der Waals surface area contributed by atoms with Crippen molar-refractivity contribution in [2.75, 3.05) is 25.4 Å². The molecule has 0 aromatic rings. The molecule has 3 nitrogen and oxygen atoms in total. The van der Waals surface area contributed by atoms with Crippen LogP contribution in [0.1, 0.15) is 46.5 Å². The zero-order valence-electron chi connectivity index (χ0n) is 13.2. The molecule has 1 heterocycles. The Kier molecular flexibility index (Phi) is 6.21. The minimum Gasteiger partial charge on any atom is -0.342 e. The van der Waals surface area contributed by atoms with Gasteiger partial charge in [0.1, 0.15) is 0 Å². The van der Waals surface area contributed by atoms with Crippen molar-refractivity contribution < 1.29 is 4.79 Å². The summed E-state index contributed by atoms with van der Waals surface area (Å²) in [6, 6.07) is 0.635. The fraction of sp³-hybridized carbons (Fsp3) is 0.938. The molecule has 1 amide bonds. The van der Waals surface area contributed by atoms with Gasteiger partial charge in [-0.15, -0.1) is 11.8 Å². The summed E-state index contributed by atoms with van der Waals surface area (Å²) in [7, 11) is 0. The van der Waals surface area contributed by atoms with E-state index in [1.54, 1.807) is 11.8 Å². The number of hydrogen-bond donors (Lipinski definition) is 1. The molecule has 0 radical (unpaired) electrons. The van der Waals surface area contributed by atoms with Gasteiger partial charge in [-0.05, 0) is 49.8 Å². The molecular formula is C16H30N2OS. The molecule has 1 unspecified atom stereocenters. The largest absolute Gasteiger partial charge is 0.342 e. The third-order valence-electron chi connectivity index (χ3n) is 4.39. The van der Waals surface area contributed by atoms with Crippen LogP contribution in [0.15, 0.2) is 0 Å². The maximum Gasteiger partial charge on any atom is 0.235 e. The van der Waals surface area contributed by atoms with Crippen LogP contribution in [-0.4, -0.2) is 47.5 Å². The van der Waals surface area contributed by atoms with E-state index in [0.717, 1.165) is 37.6 Å². The van der Waals surface area contributed by atoms with Crippen LogP contribution in [0.2, 0.25) is 0 Å². The number of rotatable bonds is 7. The van der Waals surface area contributed by atoms with Gasteiger partial charge in [-0.3, -0.25) is 4.79 Å². The van der Waals surface area contributed by atoms with Gasteiger partial charge in [0.25, 0.3) is 0 Å². The van der Waals surface area contributed by atoms with E-state index in [1.165, 1.54) is 19.4 Å². The predicted octanol–water partition coefficient (Wildman–Crippen LogP) is 2.75. The Bertz CT molecular complexity index is 310. The molecule has 0 bridgehead atoms. The Morgan fingerprint density at radius 2 is 1.90 bits per heavy atom. The lowest BCUT2D eigenvalue weighted by Gasteiger charge is -2.35. The van der Waals surface area contributed by atoms with E-state index < -0.39 is 0 Å². The van der Waals surface area contributed by atoms with Crippen LogP contribution in [0.3, 0.4) is 0 Å². The molecule has 4 heteroatoms. The molecule has 0 aromatic carbocycles. The summed E-state index contributed by atoms with van der Waals surface area (Å²) in [6.45, 7) is 9.54. The highest BCUT2D eigenvalue weighted by Gasteiger charge is 2.30. The Hall–Kier alpha value is -0.220.